The SMILES string of the molecule is O=C(C=Cc1ccc(OCc2ccccn2)cc1)OCc1csc(Br)c1. The second-order valence-corrected chi connectivity index (χ2v) is 7.67. The second kappa shape index (κ2) is 9.31. The van der Waals surface area contributed by atoms with Crippen LogP contribution in [-0.2, 0) is 22.7 Å². The lowest BCUT2D eigenvalue weighted by atomic mass is 10.2. The Balaban J connectivity index is 1.47. The molecule has 3 rings (SSSR count). The number of ether oxygens (including phenoxy) is 2. The van der Waals surface area contributed by atoms with E-state index in [4.69, 9.17) is 9.47 Å². The molecule has 0 saturated carbocycles. The molecule has 6 heteroatoms. The monoisotopic (exact) mass is 429 g/mol. The van der Waals surface area contributed by atoms with Crippen LogP contribution in [0.4, 0.5) is 0 Å². The fourth-order valence-electron chi connectivity index (χ4n) is 2.10. The molecule has 0 aliphatic rings. The minimum atomic E-state index is -0.372. The fraction of sp³-hybridized carbons (Fsp3) is 0.100. The van der Waals surface area contributed by atoms with E-state index in [1.165, 1.54) is 6.08 Å². The zero-order valence-corrected chi connectivity index (χ0v) is 16.2. The number of carbonyl (C=O) groups excluding carboxylic acids is 1. The fourth-order valence-corrected chi connectivity index (χ4v) is 3.30. The number of aromatic nitrogens is 1. The lowest BCUT2D eigenvalue weighted by Gasteiger charge is -2.05. The molecule has 1 aromatic carbocycles. The summed E-state index contributed by atoms with van der Waals surface area (Å²) in [6, 6.07) is 15.1. The number of nitrogens with zero attached hydrogens (tertiary/aromatic N) is 1. The van der Waals surface area contributed by atoms with Crippen LogP contribution in [0.3, 0.4) is 0 Å². The van der Waals surface area contributed by atoms with Gasteiger partial charge in [-0.1, -0.05) is 18.2 Å². The average molecular weight is 430 g/mol. The van der Waals surface area contributed by atoms with E-state index < -0.39 is 0 Å². The highest BCUT2D eigenvalue weighted by atomic mass is 79.9. The van der Waals surface area contributed by atoms with Gasteiger partial charge in [0.15, 0.2) is 0 Å². The summed E-state index contributed by atoms with van der Waals surface area (Å²) in [4.78, 5) is 16.0. The van der Waals surface area contributed by atoms with Crippen molar-refractivity contribution >= 4 is 39.3 Å². The first-order valence-electron chi connectivity index (χ1n) is 7.89. The molecule has 0 amide bonds. The number of hydrogen-bond acceptors (Lipinski definition) is 5. The van der Waals surface area contributed by atoms with Crippen molar-refractivity contribution in [1.29, 1.82) is 0 Å². The number of benzene rings is 1. The molecule has 3 aromatic rings. The predicted molar refractivity (Wildman–Crippen MR) is 106 cm³/mol. The van der Waals surface area contributed by atoms with Crippen molar-refractivity contribution in [2.75, 3.05) is 0 Å². The highest BCUT2D eigenvalue weighted by Crippen LogP contribution is 2.21. The zero-order valence-electron chi connectivity index (χ0n) is 13.8. The quantitative estimate of drug-likeness (QED) is 0.380. The third-order valence-corrected chi connectivity index (χ3v) is 4.96. The molecule has 0 bridgehead atoms. The summed E-state index contributed by atoms with van der Waals surface area (Å²) in [6.45, 7) is 0.687. The van der Waals surface area contributed by atoms with Gasteiger partial charge in [-0.2, -0.15) is 0 Å². The van der Waals surface area contributed by atoms with Crippen LogP contribution in [0.2, 0.25) is 0 Å². The minimum absolute atomic E-state index is 0.269. The molecule has 0 N–H and O–H groups in total. The number of hydrogen-bond donors (Lipinski definition) is 0. The Morgan fingerprint density at radius 1 is 1.15 bits per heavy atom. The summed E-state index contributed by atoms with van der Waals surface area (Å²) in [5.41, 5.74) is 2.74. The highest BCUT2D eigenvalue weighted by molar-refractivity contribution is 9.11. The topological polar surface area (TPSA) is 48.4 Å². The van der Waals surface area contributed by atoms with Crippen LogP contribution in [0.25, 0.3) is 6.08 Å². The first kappa shape index (κ1) is 18.4. The van der Waals surface area contributed by atoms with E-state index in [0.717, 1.165) is 26.4 Å². The summed E-state index contributed by atoms with van der Waals surface area (Å²) in [5, 5.41) is 1.95. The number of halogens is 1. The van der Waals surface area contributed by atoms with Crippen molar-refractivity contribution in [2.24, 2.45) is 0 Å². The number of carbonyl (C=O) groups is 1. The molecule has 0 spiro atoms. The van der Waals surface area contributed by atoms with Crippen LogP contribution in [-0.4, -0.2) is 11.0 Å². The normalized spacial score (nSPS) is 10.8. The van der Waals surface area contributed by atoms with Gasteiger partial charge in [-0.3, -0.25) is 4.98 Å². The summed E-state index contributed by atoms with van der Waals surface area (Å²) in [6.07, 6.45) is 4.88. The minimum Gasteiger partial charge on any atom is -0.487 e. The van der Waals surface area contributed by atoms with Crippen LogP contribution in [0.15, 0.2) is 70.0 Å². The third-order valence-electron chi connectivity index (χ3n) is 3.41. The summed E-state index contributed by atoms with van der Waals surface area (Å²) >= 11 is 4.94. The molecule has 132 valence electrons. The maximum atomic E-state index is 11.8. The van der Waals surface area contributed by atoms with Crippen molar-refractivity contribution in [3.8, 4) is 5.75 Å². The number of esters is 1. The van der Waals surface area contributed by atoms with Gasteiger partial charge >= 0.3 is 5.97 Å². The summed E-state index contributed by atoms with van der Waals surface area (Å²) in [5.74, 6) is 0.376. The van der Waals surface area contributed by atoms with Crippen molar-refractivity contribution in [2.45, 2.75) is 13.2 Å². The third kappa shape index (κ3) is 5.82. The van der Waals surface area contributed by atoms with E-state index in [0.29, 0.717) is 6.61 Å². The van der Waals surface area contributed by atoms with Crippen molar-refractivity contribution in [3.05, 3.63) is 86.8 Å². The maximum absolute atomic E-state index is 11.8. The molecule has 0 radical (unpaired) electrons. The number of pyridine rings is 1. The predicted octanol–water partition coefficient (Wildman–Crippen LogP) is 5.24. The van der Waals surface area contributed by atoms with Gasteiger partial charge in [0.05, 0.1) is 9.48 Å². The van der Waals surface area contributed by atoms with Crippen LogP contribution in [0, 0.1) is 0 Å². The Kier molecular flexibility index (Phi) is 6.57. The van der Waals surface area contributed by atoms with Crippen LogP contribution in [0.1, 0.15) is 16.8 Å². The molecule has 2 heterocycles. The largest absolute Gasteiger partial charge is 0.487 e. The maximum Gasteiger partial charge on any atom is 0.331 e. The van der Waals surface area contributed by atoms with Gasteiger partial charge < -0.3 is 9.47 Å². The van der Waals surface area contributed by atoms with Crippen molar-refractivity contribution in [1.82, 2.24) is 4.98 Å². The Hall–Kier alpha value is -2.44. The first-order chi connectivity index (χ1) is 12.7. The number of rotatable bonds is 7. The van der Waals surface area contributed by atoms with Crippen LogP contribution < -0.4 is 4.74 Å². The molecule has 0 unspecified atom stereocenters. The molecule has 4 nitrogen and oxygen atoms in total. The van der Waals surface area contributed by atoms with Crippen LogP contribution in [0.5, 0.6) is 5.75 Å². The van der Waals surface area contributed by atoms with Gasteiger partial charge in [-0.15, -0.1) is 11.3 Å². The Labute approximate surface area is 164 Å². The molecular weight excluding hydrogens is 414 g/mol. The zero-order chi connectivity index (χ0) is 18.2. The highest BCUT2D eigenvalue weighted by Gasteiger charge is 2.02. The summed E-state index contributed by atoms with van der Waals surface area (Å²) < 4.78 is 11.9. The molecule has 0 aliphatic heterocycles. The lowest BCUT2D eigenvalue weighted by molar-refractivity contribution is -0.138. The van der Waals surface area contributed by atoms with Crippen molar-refractivity contribution in [3.63, 3.8) is 0 Å². The van der Waals surface area contributed by atoms with Gasteiger partial charge in [0, 0.05) is 17.8 Å². The average Bonchev–Trinajstić information content (AvgIpc) is 3.10. The van der Waals surface area contributed by atoms with E-state index >= 15 is 0 Å². The number of thiophene rings is 1. The van der Waals surface area contributed by atoms with Crippen LogP contribution >= 0.6 is 27.3 Å². The van der Waals surface area contributed by atoms with E-state index in [2.05, 4.69) is 20.9 Å². The van der Waals surface area contributed by atoms with Crippen molar-refractivity contribution < 1.29 is 14.3 Å². The molecule has 0 atom stereocenters. The molecule has 0 aliphatic carbocycles. The smallest absolute Gasteiger partial charge is 0.331 e. The Bertz CT molecular complexity index is 876. The van der Waals surface area contributed by atoms with Gasteiger partial charge in [-0.25, -0.2) is 4.79 Å². The second-order valence-electron chi connectivity index (χ2n) is 5.38. The summed E-state index contributed by atoms with van der Waals surface area (Å²) in [7, 11) is 0. The van der Waals surface area contributed by atoms with E-state index in [1.807, 2.05) is 53.9 Å². The van der Waals surface area contributed by atoms with E-state index in [1.54, 1.807) is 23.6 Å². The molecule has 2 aromatic heterocycles. The molecular formula is C20H16BrNO3S. The van der Waals surface area contributed by atoms with Gasteiger partial charge in [0.25, 0.3) is 0 Å². The van der Waals surface area contributed by atoms with E-state index in [-0.39, 0.29) is 12.6 Å². The van der Waals surface area contributed by atoms with Gasteiger partial charge in [0.2, 0.25) is 0 Å². The first-order valence-corrected chi connectivity index (χ1v) is 9.57. The Morgan fingerprint density at radius 2 is 2.00 bits per heavy atom. The standard InChI is InChI=1S/C20H16BrNO3S/c21-19-11-16(14-26-19)12-25-20(23)9-6-15-4-7-18(8-5-15)24-13-17-3-1-2-10-22-17/h1-11,14H,12-13H2. The van der Waals surface area contributed by atoms with Gasteiger partial charge in [-0.05, 0) is 63.3 Å². The van der Waals surface area contributed by atoms with Gasteiger partial charge in [0.1, 0.15) is 19.0 Å². The molecule has 0 saturated heterocycles. The van der Waals surface area contributed by atoms with E-state index in [9.17, 15) is 4.79 Å². The molecule has 26 heavy (non-hydrogen) atoms. The molecule has 0 fully saturated rings. The Morgan fingerprint density at radius 3 is 2.69 bits per heavy atom. The lowest BCUT2D eigenvalue weighted by Crippen LogP contribution is -1.99.